The van der Waals surface area contributed by atoms with Gasteiger partial charge in [-0.3, -0.25) is 0 Å². The van der Waals surface area contributed by atoms with E-state index < -0.39 is 29.3 Å². The summed E-state index contributed by atoms with van der Waals surface area (Å²) in [5, 5.41) is 11.3. The minimum atomic E-state index is -4.61. The van der Waals surface area contributed by atoms with Crippen LogP contribution in [0, 0.1) is 11.7 Å². The van der Waals surface area contributed by atoms with Crippen LogP contribution in [0.15, 0.2) is 18.2 Å². The number of anilines is 1. The maximum absolute atomic E-state index is 13.6. The number of aliphatic hydroxyl groups excluding tert-OH is 1. The molecule has 0 bridgehead atoms. The maximum Gasteiger partial charge on any atom is 0.416 e. The van der Waals surface area contributed by atoms with Crippen molar-refractivity contribution in [3.63, 3.8) is 0 Å². The number of piperidine rings is 1. The van der Waals surface area contributed by atoms with Gasteiger partial charge in [0.25, 0.3) is 0 Å². The molecular formula is C14H16F4N2O2. The summed E-state index contributed by atoms with van der Waals surface area (Å²) in [6.45, 7) is 0.646. The summed E-state index contributed by atoms with van der Waals surface area (Å²) in [4.78, 5) is 13.4. The minimum Gasteiger partial charge on any atom is -0.396 e. The Balaban J connectivity index is 2.11. The normalized spacial score (nSPS) is 19.1. The summed E-state index contributed by atoms with van der Waals surface area (Å²) in [6, 6.07) is 1.19. The number of hydrogen-bond acceptors (Lipinski definition) is 2. The maximum atomic E-state index is 13.6. The van der Waals surface area contributed by atoms with Gasteiger partial charge in [-0.25, -0.2) is 9.18 Å². The standard InChI is InChI=1S/C14H16F4N2O2/c15-11-4-3-10(14(16,17)18)6-12(11)19-13(22)20-5-1-2-9(7-20)8-21/h3-4,6,9,21H,1-2,5,7-8H2,(H,19,22). The van der Waals surface area contributed by atoms with E-state index in [0.717, 1.165) is 6.42 Å². The second kappa shape index (κ2) is 6.51. The number of amides is 2. The van der Waals surface area contributed by atoms with Crippen LogP contribution in [0.2, 0.25) is 0 Å². The number of hydrogen-bond donors (Lipinski definition) is 2. The number of urea groups is 1. The Bertz CT molecular complexity index is 548. The fraction of sp³-hybridized carbons (Fsp3) is 0.500. The van der Waals surface area contributed by atoms with Crippen LogP contribution in [0.3, 0.4) is 0 Å². The molecule has 0 saturated carbocycles. The molecule has 1 aliphatic heterocycles. The first kappa shape index (κ1) is 16.5. The quantitative estimate of drug-likeness (QED) is 0.823. The smallest absolute Gasteiger partial charge is 0.396 e. The fourth-order valence-electron chi connectivity index (χ4n) is 2.39. The molecule has 0 spiro atoms. The SMILES string of the molecule is O=C(Nc1cc(C(F)(F)F)ccc1F)N1CCCC(CO)C1. The molecule has 1 saturated heterocycles. The molecule has 8 heteroatoms. The van der Waals surface area contributed by atoms with Crippen molar-refractivity contribution in [2.75, 3.05) is 25.0 Å². The monoisotopic (exact) mass is 320 g/mol. The number of carbonyl (C=O) groups is 1. The molecule has 2 rings (SSSR count). The molecule has 0 radical (unpaired) electrons. The van der Waals surface area contributed by atoms with Crippen LogP contribution in [0.4, 0.5) is 28.0 Å². The molecule has 1 fully saturated rings. The third kappa shape index (κ3) is 3.88. The van der Waals surface area contributed by atoms with Crippen molar-refractivity contribution in [2.24, 2.45) is 5.92 Å². The highest BCUT2D eigenvalue weighted by molar-refractivity contribution is 5.89. The third-order valence-corrected chi connectivity index (χ3v) is 3.60. The van der Waals surface area contributed by atoms with Crippen molar-refractivity contribution >= 4 is 11.7 Å². The Morgan fingerprint density at radius 3 is 2.77 bits per heavy atom. The van der Waals surface area contributed by atoms with Crippen molar-refractivity contribution < 1.29 is 27.5 Å². The molecule has 1 heterocycles. The minimum absolute atomic E-state index is 0.0640. The zero-order valence-corrected chi connectivity index (χ0v) is 11.7. The lowest BCUT2D eigenvalue weighted by Gasteiger charge is -2.31. The van der Waals surface area contributed by atoms with E-state index in [0.29, 0.717) is 37.7 Å². The van der Waals surface area contributed by atoms with Crippen LogP contribution in [0.1, 0.15) is 18.4 Å². The average Bonchev–Trinajstić information content (AvgIpc) is 2.48. The van der Waals surface area contributed by atoms with Gasteiger partial charge in [-0.15, -0.1) is 0 Å². The summed E-state index contributed by atoms with van der Waals surface area (Å²) in [5.74, 6) is -0.997. The first-order valence-electron chi connectivity index (χ1n) is 6.85. The molecule has 1 unspecified atom stereocenters. The third-order valence-electron chi connectivity index (χ3n) is 3.60. The topological polar surface area (TPSA) is 52.6 Å². The first-order chi connectivity index (χ1) is 10.3. The Kier molecular flexibility index (Phi) is 4.90. The second-order valence-corrected chi connectivity index (χ2v) is 5.26. The van der Waals surface area contributed by atoms with Gasteiger partial charge in [0.15, 0.2) is 0 Å². The Hall–Kier alpha value is -1.83. The van der Waals surface area contributed by atoms with Crippen LogP contribution in [-0.2, 0) is 6.18 Å². The molecule has 1 atom stereocenters. The lowest BCUT2D eigenvalue weighted by atomic mass is 9.99. The van der Waals surface area contributed by atoms with Gasteiger partial charge in [-0.1, -0.05) is 0 Å². The number of carbonyl (C=O) groups excluding carboxylic acids is 1. The molecule has 1 aromatic rings. The van der Waals surface area contributed by atoms with Gasteiger partial charge in [0, 0.05) is 19.7 Å². The van der Waals surface area contributed by atoms with E-state index in [9.17, 15) is 22.4 Å². The molecule has 2 amide bonds. The van der Waals surface area contributed by atoms with E-state index in [-0.39, 0.29) is 12.5 Å². The largest absolute Gasteiger partial charge is 0.416 e. The first-order valence-corrected chi connectivity index (χ1v) is 6.85. The number of likely N-dealkylation sites (tertiary alicyclic amines) is 1. The average molecular weight is 320 g/mol. The number of aliphatic hydroxyl groups is 1. The van der Waals surface area contributed by atoms with Gasteiger partial charge in [0.1, 0.15) is 5.82 Å². The molecule has 1 aromatic carbocycles. The van der Waals surface area contributed by atoms with Crippen LogP contribution in [0.25, 0.3) is 0 Å². The van der Waals surface area contributed by atoms with Gasteiger partial charge >= 0.3 is 12.2 Å². The van der Waals surface area contributed by atoms with E-state index in [4.69, 9.17) is 5.11 Å². The number of halogens is 4. The van der Waals surface area contributed by atoms with Crippen LogP contribution < -0.4 is 5.32 Å². The lowest BCUT2D eigenvalue weighted by molar-refractivity contribution is -0.137. The zero-order valence-electron chi connectivity index (χ0n) is 11.7. The highest BCUT2D eigenvalue weighted by Gasteiger charge is 2.31. The van der Waals surface area contributed by atoms with Crippen molar-refractivity contribution in [1.29, 1.82) is 0 Å². The van der Waals surface area contributed by atoms with E-state index >= 15 is 0 Å². The molecule has 122 valence electrons. The van der Waals surface area contributed by atoms with Crippen molar-refractivity contribution in [3.05, 3.63) is 29.6 Å². The number of benzene rings is 1. The van der Waals surface area contributed by atoms with Crippen molar-refractivity contribution in [1.82, 2.24) is 4.90 Å². The van der Waals surface area contributed by atoms with E-state index in [1.54, 1.807) is 0 Å². The summed E-state index contributed by atoms with van der Waals surface area (Å²) in [6.07, 6.45) is -3.15. The highest BCUT2D eigenvalue weighted by atomic mass is 19.4. The Labute approximate surface area is 124 Å². The van der Waals surface area contributed by atoms with Gasteiger partial charge in [0.2, 0.25) is 0 Å². The number of nitrogens with one attached hydrogen (secondary N) is 1. The van der Waals surface area contributed by atoms with Gasteiger partial charge in [0.05, 0.1) is 11.3 Å². The predicted molar refractivity (Wildman–Crippen MR) is 71.8 cm³/mol. The summed E-state index contributed by atoms with van der Waals surface area (Å²) in [5.41, 5.74) is -1.54. The summed E-state index contributed by atoms with van der Waals surface area (Å²) in [7, 11) is 0. The fourth-order valence-corrected chi connectivity index (χ4v) is 2.39. The second-order valence-electron chi connectivity index (χ2n) is 5.26. The lowest BCUT2D eigenvalue weighted by Crippen LogP contribution is -2.43. The van der Waals surface area contributed by atoms with E-state index in [1.807, 2.05) is 0 Å². The Morgan fingerprint density at radius 1 is 1.41 bits per heavy atom. The number of alkyl halides is 3. The van der Waals surface area contributed by atoms with Crippen molar-refractivity contribution in [2.45, 2.75) is 19.0 Å². The number of rotatable bonds is 2. The molecule has 2 N–H and O–H groups in total. The highest BCUT2D eigenvalue weighted by Crippen LogP contribution is 2.32. The Morgan fingerprint density at radius 2 is 2.14 bits per heavy atom. The number of nitrogens with zero attached hydrogens (tertiary/aromatic N) is 1. The molecule has 22 heavy (non-hydrogen) atoms. The molecule has 0 aliphatic carbocycles. The van der Waals surface area contributed by atoms with Crippen molar-refractivity contribution in [3.8, 4) is 0 Å². The summed E-state index contributed by atoms with van der Waals surface area (Å²) >= 11 is 0. The molecular weight excluding hydrogens is 304 g/mol. The van der Waals surface area contributed by atoms with E-state index in [1.165, 1.54) is 4.90 Å². The predicted octanol–water partition coefficient (Wildman–Crippen LogP) is 3.08. The summed E-state index contributed by atoms with van der Waals surface area (Å²) < 4.78 is 51.4. The molecule has 4 nitrogen and oxygen atoms in total. The van der Waals surface area contributed by atoms with Gasteiger partial charge in [-0.2, -0.15) is 13.2 Å². The van der Waals surface area contributed by atoms with Crippen LogP contribution in [-0.4, -0.2) is 35.7 Å². The van der Waals surface area contributed by atoms with Gasteiger partial charge < -0.3 is 15.3 Å². The molecule has 0 aromatic heterocycles. The van der Waals surface area contributed by atoms with Crippen LogP contribution >= 0.6 is 0 Å². The molecule has 1 aliphatic rings. The zero-order chi connectivity index (χ0) is 16.3. The van der Waals surface area contributed by atoms with Gasteiger partial charge in [-0.05, 0) is 37.0 Å². The van der Waals surface area contributed by atoms with E-state index in [2.05, 4.69) is 5.32 Å². The van der Waals surface area contributed by atoms with Crippen LogP contribution in [0.5, 0.6) is 0 Å².